The lowest BCUT2D eigenvalue weighted by molar-refractivity contribution is 0.324. The number of aryl methyl sites for hydroxylation is 3. The van der Waals surface area contributed by atoms with Crippen molar-refractivity contribution in [3.63, 3.8) is 0 Å². The zero-order chi connectivity index (χ0) is 18.5. The monoisotopic (exact) mass is 347 g/mol. The number of rotatable bonds is 7. The van der Waals surface area contributed by atoms with Gasteiger partial charge in [-0.2, -0.15) is 4.31 Å². The fraction of sp³-hybridized carbons (Fsp3) is 0.450. The second-order valence-corrected chi connectivity index (χ2v) is 8.28. The van der Waals surface area contributed by atoms with Crippen LogP contribution in [0.4, 0.5) is 0 Å². The molecule has 0 spiro atoms. The van der Waals surface area contributed by atoms with Crippen molar-refractivity contribution >= 4 is 10.0 Å². The highest BCUT2D eigenvalue weighted by atomic mass is 32.2. The van der Waals surface area contributed by atoms with Gasteiger partial charge in [0.05, 0.1) is 10.9 Å². The Bertz CT molecular complexity index is 731. The van der Waals surface area contributed by atoms with Crippen LogP contribution in [0.5, 0.6) is 0 Å². The molecule has 0 aliphatic heterocycles. The molecule has 0 saturated carbocycles. The van der Waals surface area contributed by atoms with E-state index in [0.717, 1.165) is 16.7 Å². The average Bonchev–Trinajstić information content (AvgIpc) is 2.44. The molecular weight excluding hydrogens is 318 g/mol. The van der Waals surface area contributed by atoms with Crippen molar-refractivity contribution in [2.45, 2.75) is 52.5 Å². The van der Waals surface area contributed by atoms with Gasteiger partial charge in [0.2, 0.25) is 10.0 Å². The van der Waals surface area contributed by atoms with E-state index in [0.29, 0.717) is 4.90 Å². The number of hydrogen-bond acceptors (Lipinski definition) is 2. The van der Waals surface area contributed by atoms with Crippen molar-refractivity contribution < 1.29 is 8.42 Å². The first-order valence-electron chi connectivity index (χ1n) is 8.24. The Morgan fingerprint density at radius 2 is 1.75 bits per heavy atom. The van der Waals surface area contributed by atoms with Crippen LogP contribution in [0.15, 0.2) is 47.6 Å². The molecule has 4 heteroatoms. The van der Waals surface area contributed by atoms with Crippen molar-refractivity contribution in [3.05, 3.63) is 59.4 Å². The molecule has 0 aliphatic rings. The quantitative estimate of drug-likeness (QED) is 0.536. The van der Waals surface area contributed by atoms with Crippen LogP contribution in [0.3, 0.4) is 0 Å². The van der Waals surface area contributed by atoms with Gasteiger partial charge >= 0.3 is 0 Å². The number of sulfonamides is 1. The van der Waals surface area contributed by atoms with Crippen LogP contribution in [0.25, 0.3) is 0 Å². The summed E-state index contributed by atoms with van der Waals surface area (Å²) in [5.41, 5.74) is 5.66. The van der Waals surface area contributed by atoms with Crippen LogP contribution >= 0.6 is 0 Å². The van der Waals surface area contributed by atoms with E-state index in [4.69, 9.17) is 0 Å². The topological polar surface area (TPSA) is 37.4 Å². The van der Waals surface area contributed by atoms with Crippen molar-refractivity contribution in [2.24, 2.45) is 5.92 Å². The normalized spacial score (nSPS) is 12.8. The summed E-state index contributed by atoms with van der Waals surface area (Å²) in [7, 11) is -3.64. The second kappa shape index (κ2) is 8.48. The Morgan fingerprint density at radius 3 is 2.17 bits per heavy atom. The zero-order valence-corrected chi connectivity index (χ0v) is 16.4. The van der Waals surface area contributed by atoms with Crippen molar-refractivity contribution in [1.29, 1.82) is 0 Å². The third-order valence-electron chi connectivity index (χ3n) is 3.93. The van der Waals surface area contributed by atoms with E-state index >= 15 is 0 Å². The molecular formula is C20H29NO2S. The Kier molecular flexibility index (Phi) is 7.22. The van der Waals surface area contributed by atoms with E-state index in [9.17, 15) is 8.42 Å². The van der Waals surface area contributed by atoms with Gasteiger partial charge in [0.15, 0.2) is 0 Å². The summed E-state index contributed by atoms with van der Waals surface area (Å²) in [6, 6.07) is 3.56. The fourth-order valence-corrected chi connectivity index (χ4v) is 5.09. The molecule has 24 heavy (non-hydrogen) atoms. The minimum absolute atomic E-state index is 0.123. The lowest BCUT2D eigenvalue weighted by Crippen LogP contribution is -2.42. The Balaban J connectivity index is 3.59. The first-order chi connectivity index (χ1) is 11.2. The number of benzene rings is 1. The molecule has 0 fully saturated rings. The van der Waals surface area contributed by atoms with Crippen LogP contribution in [-0.4, -0.2) is 25.3 Å². The van der Waals surface area contributed by atoms with Gasteiger partial charge in [-0.05, 0) is 56.9 Å². The first kappa shape index (κ1) is 20.4. The van der Waals surface area contributed by atoms with Crippen molar-refractivity contribution in [2.75, 3.05) is 6.54 Å². The van der Waals surface area contributed by atoms with Gasteiger partial charge in [-0.25, -0.2) is 8.42 Å². The fourth-order valence-electron chi connectivity index (χ4n) is 3.00. The predicted octanol–water partition coefficient (Wildman–Crippen LogP) is 4.54. The van der Waals surface area contributed by atoms with Crippen LogP contribution in [0, 0.1) is 26.7 Å². The zero-order valence-electron chi connectivity index (χ0n) is 15.6. The van der Waals surface area contributed by atoms with E-state index in [1.54, 1.807) is 12.2 Å². The smallest absolute Gasteiger partial charge is 0.207 e. The molecule has 0 bridgehead atoms. The van der Waals surface area contributed by atoms with Crippen LogP contribution in [0.1, 0.15) is 37.5 Å². The van der Waals surface area contributed by atoms with Crippen molar-refractivity contribution in [1.82, 2.24) is 4.31 Å². The van der Waals surface area contributed by atoms with Gasteiger partial charge in [0, 0.05) is 6.54 Å². The molecule has 1 rings (SSSR count). The van der Waals surface area contributed by atoms with Gasteiger partial charge in [0.25, 0.3) is 0 Å². The average molecular weight is 348 g/mol. The lowest BCUT2D eigenvalue weighted by atomic mass is 10.0. The summed E-state index contributed by atoms with van der Waals surface area (Å²) in [5.74, 6) is 0.123. The minimum atomic E-state index is -3.64. The largest absolute Gasteiger partial charge is 0.244 e. The van der Waals surface area contributed by atoms with Gasteiger partial charge in [-0.1, -0.05) is 37.6 Å². The molecule has 0 aromatic heterocycles. The maximum absolute atomic E-state index is 13.4. The van der Waals surface area contributed by atoms with Crippen molar-refractivity contribution in [3.8, 4) is 0 Å². The Hall–Kier alpha value is -1.61. The maximum atomic E-state index is 13.4. The highest BCUT2D eigenvalue weighted by molar-refractivity contribution is 7.89. The lowest BCUT2D eigenvalue weighted by Gasteiger charge is -2.31. The molecule has 1 aromatic rings. The molecule has 0 aliphatic carbocycles. The molecule has 0 radical (unpaired) electrons. The van der Waals surface area contributed by atoms with E-state index in [2.05, 4.69) is 12.3 Å². The van der Waals surface area contributed by atoms with Crippen LogP contribution in [-0.2, 0) is 10.0 Å². The molecule has 3 nitrogen and oxygen atoms in total. The minimum Gasteiger partial charge on any atom is -0.207 e. The molecule has 132 valence electrons. The predicted molar refractivity (Wildman–Crippen MR) is 102 cm³/mol. The third kappa shape index (κ3) is 4.47. The van der Waals surface area contributed by atoms with Gasteiger partial charge < -0.3 is 0 Å². The van der Waals surface area contributed by atoms with E-state index in [1.165, 1.54) is 4.31 Å². The second-order valence-electron chi connectivity index (χ2n) is 6.45. The first-order valence-corrected chi connectivity index (χ1v) is 9.68. The summed E-state index contributed by atoms with van der Waals surface area (Å²) in [4.78, 5) is 0.398. The van der Waals surface area contributed by atoms with Gasteiger partial charge in [-0.15, -0.1) is 12.3 Å². The van der Waals surface area contributed by atoms with E-state index in [1.807, 2.05) is 59.8 Å². The molecule has 0 heterocycles. The van der Waals surface area contributed by atoms with E-state index < -0.39 is 10.0 Å². The maximum Gasteiger partial charge on any atom is 0.244 e. The Labute approximate surface area is 147 Å². The molecule has 0 amide bonds. The molecule has 0 unspecified atom stereocenters. The number of nitrogens with zero attached hydrogens (tertiary/aromatic N) is 1. The number of hydrogen-bond donors (Lipinski definition) is 0. The SMILES string of the molecule is C=CCN([C@H](C=C=CC)C(C)C)S(=O)(=O)c1c(C)cc(C)cc1C. The highest BCUT2D eigenvalue weighted by Crippen LogP contribution is 2.28. The standard InChI is InChI=1S/C20H29NO2S/c1-8-10-11-19(15(3)4)21(12-9-2)24(22,23)20-17(6)13-16(5)14-18(20)7/h8-9,11,13-15,19H,2,12H2,1,3-7H3/t10?,19-/m1/s1. The summed E-state index contributed by atoms with van der Waals surface area (Å²) >= 11 is 0. The molecule has 1 atom stereocenters. The van der Waals surface area contributed by atoms with Crippen LogP contribution in [0.2, 0.25) is 0 Å². The van der Waals surface area contributed by atoms with Gasteiger partial charge in [-0.3, -0.25) is 0 Å². The van der Waals surface area contributed by atoms with Gasteiger partial charge in [0.1, 0.15) is 0 Å². The Morgan fingerprint density at radius 1 is 1.21 bits per heavy atom. The molecule has 0 N–H and O–H groups in total. The summed E-state index contributed by atoms with van der Waals surface area (Å²) < 4.78 is 28.3. The molecule has 1 aromatic carbocycles. The third-order valence-corrected chi connectivity index (χ3v) is 6.10. The highest BCUT2D eigenvalue weighted by Gasteiger charge is 2.33. The van der Waals surface area contributed by atoms with E-state index in [-0.39, 0.29) is 18.5 Å². The van der Waals surface area contributed by atoms with Crippen LogP contribution < -0.4 is 0 Å². The summed E-state index contributed by atoms with van der Waals surface area (Å²) in [6.45, 7) is 15.6. The summed E-state index contributed by atoms with van der Waals surface area (Å²) in [6.07, 6.45) is 5.25. The molecule has 0 saturated heterocycles. The summed E-state index contributed by atoms with van der Waals surface area (Å²) in [5, 5.41) is 0.